The highest BCUT2D eigenvalue weighted by Gasteiger charge is 2.21. The zero-order valence-corrected chi connectivity index (χ0v) is 16.6. The van der Waals surface area contributed by atoms with Gasteiger partial charge in [0.05, 0.1) is 19.9 Å². The number of hydrogen-bond donors (Lipinski definition) is 2. The lowest BCUT2D eigenvalue weighted by Gasteiger charge is -2.35. The predicted molar refractivity (Wildman–Crippen MR) is 112 cm³/mol. The number of pyridine rings is 1. The highest BCUT2D eigenvalue weighted by Crippen LogP contribution is 2.24. The van der Waals surface area contributed by atoms with Crippen molar-refractivity contribution in [1.29, 1.82) is 0 Å². The summed E-state index contributed by atoms with van der Waals surface area (Å²) in [7, 11) is 3.49. The first-order valence-corrected chi connectivity index (χ1v) is 9.67. The van der Waals surface area contributed by atoms with Gasteiger partial charge in [-0.1, -0.05) is 6.07 Å². The van der Waals surface area contributed by atoms with Gasteiger partial charge in [0.1, 0.15) is 18.1 Å². The Morgan fingerprint density at radius 3 is 2.96 bits per heavy atom. The van der Waals surface area contributed by atoms with Crippen LogP contribution in [0.25, 0.3) is 0 Å². The summed E-state index contributed by atoms with van der Waals surface area (Å²) in [6.45, 7) is 3.20. The van der Waals surface area contributed by atoms with Crippen molar-refractivity contribution in [2.45, 2.75) is 18.9 Å². The van der Waals surface area contributed by atoms with Crippen molar-refractivity contribution < 1.29 is 9.47 Å². The van der Waals surface area contributed by atoms with Crippen molar-refractivity contribution >= 4 is 11.6 Å². The van der Waals surface area contributed by atoms with Crippen LogP contribution in [0.1, 0.15) is 12.8 Å². The van der Waals surface area contributed by atoms with E-state index in [0.717, 1.165) is 43.4 Å². The fraction of sp³-hybridized carbons (Fsp3) is 0.429. The molecule has 2 aromatic rings. The molecule has 1 aromatic carbocycles. The summed E-state index contributed by atoms with van der Waals surface area (Å²) in [5.41, 5.74) is 1.19. The number of aromatic nitrogens is 1. The predicted octanol–water partition coefficient (Wildman–Crippen LogP) is 2.30. The molecule has 150 valence electrons. The Morgan fingerprint density at radius 2 is 2.18 bits per heavy atom. The van der Waals surface area contributed by atoms with Gasteiger partial charge < -0.3 is 25.0 Å². The Hall–Kier alpha value is -2.96. The lowest BCUT2D eigenvalue weighted by Crippen LogP contribution is -2.51. The molecule has 2 heterocycles. The van der Waals surface area contributed by atoms with Crippen LogP contribution in [0.5, 0.6) is 11.5 Å². The van der Waals surface area contributed by atoms with Gasteiger partial charge in [0.25, 0.3) is 0 Å². The first kappa shape index (κ1) is 19.8. The number of hydrogen-bond acceptors (Lipinski definition) is 5. The molecule has 0 saturated carbocycles. The fourth-order valence-corrected chi connectivity index (χ4v) is 3.30. The summed E-state index contributed by atoms with van der Waals surface area (Å²) >= 11 is 0. The molecule has 28 heavy (non-hydrogen) atoms. The van der Waals surface area contributed by atoms with E-state index in [0.29, 0.717) is 19.2 Å². The minimum absolute atomic E-state index is 0.338. The Kier molecular flexibility index (Phi) is 7.35. The van der Waals surface area contributed by atoms with Crippen molar-refractivity contribution in [3.63, 3.8) is 0 Å². The number of nitrogens with one attached hydrogen (secondary N) is 2. The fourth-order valence-electron chi connectivity index (χ4n) is 3.30. The molecule has 7 heteroatoms. The Morgan fingerprint density at radius 1 is 1.29 bits per heavy atom. The Labute approximate surface area is 166 Å². The van der Waals surface area contributed by atoms with Crippen molar-refractivity contribution in [1.82, 2.24) is 15.6 Å². The van der Waals surface area contributed by atoms with Crippen LogP contribution in [0.15, 0.2) is 53.8 Å². The number of ether oxygens (including phenoxy) is 2. The van der Waals surface area contributed by atoms with Gasteiger partial charge in [-0.3, -0.25) is 9.98 Å². The molecule has 1 aliphatic rings. The maximum atomic E-state index is 5.66. The SMILES string of the molecule is CN=C(NCCOc1cccnc1)NC1CCCN(c2cccc(OC)c2)C1. The molecular formula is C21H29N5O2. The molecule has 1 unspecified atom stereocenters. The largest absolute Gasteiger partial charge is 0.497 e. The van der Waals surface area contributed by atoms with E-state index in [2.05, 4.69) is 37.6 Å². The molecule has 7 nitrogen and oxygen atoms in total. The van der Waals surface area contributed by atoms with Crippen molar-refractivity contribution in [2.75, 3.05) is 45.3 Å². The minimum atomic E-state index is 0.338. The number of methoxy groups -OCH3 is 1. The molecule has 2 N–H and O–H groups in total. The molecular weight excluding hydrogens is 354 g/mol. The van der Waals surface area contributed by atoms with Crippen LogP contribution in [0.4, 0.5) is 5.69 Å². The van der Waals surface area contributed by atoms with Gasteiger partial charge >= 0.3 is 0 Å². The second-order valence-corrected chi connectivity index (χ2v) is 6.67. The molecule has 1 fully saturated rings. The number of nitrogens with zero attached hydrogens (tertiary/aromatic N) is 3. The van der Waals surface area contributed by atoms with Crippen LogP contribution in [-0.4, -0.2) is 57.4 Å². The summed E-state index contributed by atoms with van der Waals surface area (Å²) in [5, 5.41) is 6.85. The number of guanidine groups is 1. The summed E-state index contributed by atoms with van der Waals surface area (Å²) < 4.78 is 11.0. The van der Waals surface area contributed by atoms with Gasteiger partial charge in [0, 0.05) is 44.1 Å². The topological polar surface area (TPSA) is 71.0 Å². The van der Waals surface area contributed by atoms with Gasteiger partial charge in [0.2, 0.25) is 0 Å². The maximum Gasteiger partial charge on any atom is 0.191 e. The Balaban J connectivity index is 1.46. The molecule has 1 aromatic heterocycles. The molecule has 1 atom stereocenters. The van der Waals surface area contributed by atoms with Crippen molar-refractivity contribution in [3.8, 4) is 11.5 Å². The van der Waals surface area contributed by atoms with E-state index in [9.17, 15) is 0 Å². The molecule has 0 spiro atoms. The average Bonchev–Trinajstić information content (AvgIpc) is 2.77. The third-order valence-electron chi connectivity index (χ3n) is 4.70. The van der Waals surface area contributed by atoms with E-state index in [4.69, 9.17) is 9.47 Å². The highest BCUT2D eigenvalue weighted by molar-refractivity contribution is 5.80. The van der Waals surface area contributed by atoms with Gasteiger partial charge in [-0.05, 0) is 37.1 Å². The van der Waals surface area contributed by atoms with E-state index in [1.807, 2.05) is 24.3 Å². The summed E-state index contributed by atoms with van der Waals surface area (Å²) in [5.74, 6) is 2.46. The van der Waals surface area contributed by atoms with E-state index < -0.39 is 0 Å². The van der Waals surface area contributed by atoms with Gasteiger partial charge in [-0.15, -0.1) is 0 Å². The number of aliphatic imine (C=N–C) groups is 1. The van der Waals surface area contributed by atoms with Crippen LogP contribution < -0.4 is 25.0 Å². The highest BCUT2D eigenvalue weighted by atomic mass is 16.5. The smallest absolute Gasteiger partial charge is 0.191 e. The quantitative estimate of drug-likeness (QED) is 0.434. The molecule has 0 radical (unpaired) electrons. The summed E-state index contributed by atoms with van der Waals surface area (Å²) in [6.07, 6.45) is 5.70. The molecule has 0 aliphatic carbocycles. The maximum absolute atomic E-state index is 5.66. The number of piperidine rings is 1. The normalized spacial score (nSPS) is 17.1. The number of anilines is 1. The molecule has 0 bridgehead atoms. The van der Waals surface area contributed by atoms with E-state index in [1.165, 1.54) is 5.69 Å². The number of benzene rings is 1. The van der Waals surface area contributed by atoms with Crippen LogP contribution in [-0.2, 0) is 0 Å². The second-order valence-electron chi connectivity index (χ2n) is 6.67. The van der Waals surface area contributed by atoms with Crippen molar-refractivity contribution in [3.05, 3.63) is 48.8 Å². The van der Waals surface area contributed by atoms with Crippen LogP contribution >= 0.6 is 0 Å². The summed E-state index contributed by atoms with van der Waals surface area (Å²) in [4.78, 5) is 10.8. The average molecular weight is 383 g/mol. The standard InChI is InChI=1S/C21H29N5O2/c1-22-21(24-11-13-28-20-9-4-10-23-15-20)25-17-6-5-12-26(16-17)18-7-3-8-19(14-18)27-2/h3-4,7-10,14-15,17H,5-6,11-13,16H2,1-2H3,(H2,22,24,25). The van der Waals surface area contributed by atoms with Crippen LogP contribution in [0.3, 0.4) is 0 Å². The molecule has 0 amide bonds. The minimum Gasteiger partial charge on any atom is -0.497 e. The van der Waals surface area contributed by atoms with E-state index >= 15 is 0 Å². The van der Waals surface area contributed by atoms with E-state index in [-0.39, 0.29) is 0 Å². The van der Waals surface area contributed by atoms with Crippen LogP contribution in [0, 0.1) is 0 Å². The second kappa shape index (κ2) is 10.4. The zero-order chi connectivity index (χ0) is 19.6. The summed E-state index contributed by atoms with van der Waals surface area (Å²) in [6, 6.07) is 12.3. The first-order valence-electron chi connectivity index (χ1n) is 9.67. The van der Waals surface area contributed by atoms with Gasteiger partial charge in [0.15, 0.2) is 5.96 Å². The first-order chi connectivity index (χ1) is 13.8. The van der Waals surface area contributed by atoms with Gasteiger partial charge in [-0.25, -0.2) is 0 Å². The van der Waals surface area contributed by atoms with Crippen LogP contribution in [0.2, 0.25) is 0 Å². The monoisotopic (exact) mass is 383 g/mol. The number of rotatable bonds is 7. The zero-order valence-electron chi connectivity index (χ0n) is 16.6. The Bertz CT molecular complexity index is 753. The molecule has 1 aliphatic heterocycles. The van der Waals surface area contributed by atoms with Gasteiger partial charge in [-0.2, -0.15) is 0 Å². The lowest BCUT2D eigenvalue weighted by atomic mass is 10.0. The van der Waals surface area contributed by atoms with E-state index in [1.54, 1.807) is 26.6 Å². The third kappa shape index (κ3) is 5.77. The molecule has 1 saturated heterocycles. The van der Waals surface area contributed by atoms with Crippen molar-refractivity contribution in [2.24, 2.45) is 4.99 Å². The lowest BCUT2D eigenvalue weighted by molar-refractivity contribution is 0.320. The molecule has 3 rings (SSSR count). The third-order valence-corrected chi connectivity index (χ3v) is 4.70.